The molecule has 1 aliphatic rings. The molecule has 1 saturated heterocycles. The maximum atomic E-state index is 12.2. The van der Waals surface area contributed by atoms with E-state index in [-0.39, 0.29) is 17.6 Å². The summed E-state index contributed by atoms with van der Waals surface area (Å²) in [6, 6.07) is 6.30. The summed E-state index contributed by atoms with van der Waals surface area (Å²) in [6.45, 7) is 0.940. The van der Waals surface area contributed by atoms with E-state index in [1.807, 2.05) is 0 Å². The van der Waals surface area contributed by atoms with Crippen molar-refractivity contribution in [2.75, 3.05) is 26.2 Å². The number of ether oxygens (including phenoxy) is 1. The van der Waals surface area contributed by atoms with Crippen LogP contribution >= 0.6 is 0 Å². The molecule has 0 bridgehead atoms. The number of hydrogen-bond donors (Lipinski definition) is 0. The minimum absolute atomic E-state index is 0.0307. The van der Waals surface area contributed by atoms with E-state index in [9.17, 15) is 18.4 Å². The minimum Gasteiger partial charge on any atom is -0.435 e. The average Bonchev–Trinajstić information content (AvgIpc) is 2.53. The standard InChI is InChI=1S/C16H20F2N2O3/c1-12(21)19-8-10-20(11-9-19)15(22)7-4-13-2-5-14(6-3-13)23-16(17)18/h2-3,5-6,16H,4,7-11H2,1H3. The molecule has 0 unspecified atom stereocenters. The molecule has 1 aliphatic heterocycles. The summed E-state index contributed by atoms with van der Waals surface area (Å²) in [7, 11) is 0. The van der Waals surface area contributed by atoms with Crippen molar-refractivity contribution in [3.8, 4) is 5.75 Å². The Hall–Kier alpha value is -2.18. The molecule has 1 aromatic carbocycles. The summed E-state index contributed by atoms with van der Waals surface area (Å²) in [4.78, 5) is 26.9. The molecule has 0 spiro atoms. The zero-order valence-corrected chi connectivity index (χ0v) is 13.0. The van der Waals surface area contributed by atoms with Crippen LogP contribution < -0.4 is 4.74 Å². The molecule has 0 atom stereocenters. The second-order valence-corrected chi connectivity index (χ2v) is 5.41. The Balaban J connectivity index is 1.77. The van der Waals surface area contributed by atoms with Crippen LogP contribution in [0.3, 0.4) is 0 Å². The number of halogens is 2. The largest absolute Gasteiger partial charge is 0.435 e. The molecule has 0 N–H and O–H groups in total. The minimum atomic E-state index is -2.84. The summed E-state index contributed by atoms with van der Waals surface area (Å²) >= 11 is 0. The van der Waals surface area contributed by atoms with Crippen molar-refractivity contribution >= 4 is 11.8 Å². The fourth-order valence-corrected chi connectivity index (χ4v) is 2.52. The lowest BCUT2D eigenvalue weighted by Gasteiger charge is -2.34. The van der Waals surface area contributed by atoms with Crippen molar-refractivity contribution in [3.63, 3.8) is 0 Å². The van der Waals surface area contributed by atoms with Gasteiger partial charge in [-0.1, -0.05) is 12.1 Å². The Morgan fingerprint density at radius 3 is 2.17 bits per heavy atom. The number of benzene rings is 1. The van der Waals surface area contributed by atoms with Crippen LogP contribution in [-0.2, 0) is 16.0 Å². The summed E-state index contributed by atoms with van der Waals surface area (Å²) < 4.78 is 28.4. The monoisotopic (exact) mass is 326 g/mol. The highest BCUT2D eigenvalue weighted by Gasteiger charge is 2.21. The summed E-state index contributed by atoms with van der Waals surface area (Å²) in [6.07, 6.45) is 0.899. The number of alkyl halides is 2. The Morgan fingerprint density at radius 1 is 1.09 bits per heavy atom. The number of carbonyl (C=O) groups is 2. The van der Waals surface area contributed by atoms with Crippen molar-refractivity contribution in [3.05, 3.63) is 29.8 Å². The Bertz CT molecular complexity index is 541. The smallest absolute Gasteiger partial charge is 0.387 e. The van der Waals surface area contributed by atoms with Gasteiger partial charge in [-0.3, -0.25) is 9.59 Å². The molecule has 1 heterocycles. The highest BCUT2D eigenvalue weighted by atomic mass is 19.3. The van der Waals surface area contributed by atoms with E-state index in [1.54, 1.807) is 21.9 Å². The van der Waals surface area contributed by atoms with Gasteiger partial charge in [-0.15, -0.1) is 0 Å². The van der Waals surface area contributed by atoms with Gasteiger partial charge < -0.3 is 14.5 Å². The highest BCUT2D eigenvalue weighted by molar-refractivity contribution is 5.77. The molecule has 126 valence electrons. The first-order chi connectivity index (χ1) is 11.0. The average molecular weight is 326 g/mol. The van der Waals surface area contributed by atoms with Gasteiger partial charge in [0.1, 0.15) is 5.75 Å². The van der Waals surface area contributed by atoms with Crippen LogP contribution in [0.4, 0.5) is 8.78 Å². The summed E-state index contributed by atoms with van der Waals surface area (Å²) in [5, 5.41) is 0. The maximum Gasteiger partial charge on any atom is 0.387 e. The van der Waals surface area contributed by atoms with Crippen molar-refractivity contribution in [1.82, 2.24) is 9.80 Å². The second-order valence-electron chi connectivity index (χ2n) is 5.41. The highest BCUT2D eigenvalue weighted by Crippen LogP contribution is 2.16. The number of rotatable bonds is 5. The molecule has 2 rings (SSSR count). The summed E-state index contributed by atoms with van der Waals surface area (Å²) in [5.74, 6) is 0.180. The van der Waals surface area contributed by atoms with Crippen LogP contribution in [-0.4, -0.2) is 54.4 Å². The van der Waals surface area contributed by atoms with Gasteiger partial charge in [0.05, 0.1) is 0 Å². The molecule has 0 saturated carbocycles. The molecule has 1 aromatic rings. The lowest BCUT2D eigenvalue weighted by atomic mass is 10.1. The van der Waals surface area contributed by atoms with Gasteiger partial charge in [0.25, 0.3) is 0 Å². The fourth-order valence-electron chi connectivity index (χ4n) is 2.52. The fraction of sp³-hybridized carbons (Fsp3) is 0.500. The molecule has 5 nitrogen and oxygen atoms in total. The Labute approximate surface area is 133 Å². The third kappa shape index (κ3) is 5.19. The van der Waals surface area contributed by atoms with Crippen molar-refractivity contribution in [1.29, 1.82) is 0 Å². The Morgan fingerprint density at radius 2 is 1.65 bits per heavy atom. The van der Waals surface area contributed by atoms with Crippen LogP contribution in [0, 0.1) is 0 Å². The van der Waals surface area contributed by atoms with Crippen LogP contribution in [0.5, 0.6) is 5.75 Å². The van der Waals surface area contributed by atoms with Crippen LogP contribution in [0.15, 0.2) is 24.3 Å². The lowest BCUT2D eigenvalue weighted by molar-refractivity contribution is -0.138. The van der Waals surface area contributed by atoms with E-state index in [0.717, 1.165) is 5.56 Å². The molecule has 1 fully saturated rings. The van der Waals surface area contributed by atoms with E-state index < -0.39 is 6.61 Å². The molecule has 0 aromatic heterocycles. The zero-order valence-electron chi connectivity index (χ0n) is 13.0. The SMILES string of the molecule is CC(=O)N1CCN(C(=O)CCc2ccc(OC(F)F)cc2)CC1. The molecule has 7 heteroatoms. The van der Waals surface area contributed by atoms with E-state index in [1.165, 1.54) is 19.1 Å². The van der Waals surface area contributed by atoms with E-state index >= 15 is 0 Å². The van der Waals surface area contributed by atoms with E-state index in [2.05, 4.69) is 4.74 Å². The van der Waals surface area contributed by atoms with Crippen molar-refractivity contribution in [2.24, 2.45) is 0 Å². The van der Waals surface area contributed by atoms with Gasteiger partial charge in [0, 0.05) is 39.5 Å². The van der Waals surface area contributed by atoms with Crippen molar-refractivity contribution < 1.29 is 23.1 Å². The molecule has 23 heavy (non-hydrogen) atoms. The molecular formula is C16H20F2N2O3. The second kappa shape index (κ2) is 7.89. The van der Waals surface area contributed by atoms with E-state index in [0.29, 0.717) is 39.0 Å². The first kappa shape index (κ1) is 17.2. The number of piperazine rings is 1. The predicted octanol–water partition coefficient (Wildman–Crippen LogP) is 1.91. The Kier molecular flexibility index (Phi) is 5.90. The predicted molar refractivity (Wildman–Crippen MR) is 80.2 cm³/mol. The first-order valence-electron chi connectivity index (χ1n) is 7.53. The zero-order chi connectivity index (χ0) is 16.8. The maximum absolute atomic E-state index is 12.2. The molecule has 0 aliphatic carbocycles. The molecule has 0 radical (unpaired) electrons. The lowest BCUT2D eigenvalue weighted by Crippen LogP contribution is -2.50. The van der Waals surface area contributed by atoms with Gasteiger partial charge in [-0.2, -0.15) is 8.78 Å². The van der Waals surface area contributed by atoms with Crippen LogP contribution in [0.25, 0.3) is 0 Å². The summed E-state index contributed by atoms with van der Waals surface area (Å²) in [5.41, 5.74) is 0.891. The van der Waals surface area contributed by atoms with Gasteiger partial charge in [-0.05, 0) is 24.1 Å². The van der Waals surface area contributed by atoms with Crippen LogP contribution in [0.2, 0.25) is 0 Å². The van der Waals surface area contributed by atoms with Crippen molar-refractivity contribution in [2.45, 2.75) is 26.4 Å². The van der Waals surface area contributed by atoms with Gasteiger partial charge in [-0.25, -0.2) is 0 Å². The number of nitrogens with zero attached hydrogens (tertiary/aromatic N) is 2. The van der Waals surface area contributed by atoms with E-state index in [4.69, 9.17) is 0 Å². The topological polar surface area (TPSA) is 49.9 Å². The molecule has 2 amide bonds. The number of aryl methyl sites for hydroxylation is 1. The number of carbonyl (C=O) groups excluding carboxylic acids is 2. The number of amides is 2. The normalized spacial score (nSPS) is 15.0. The van der Waals surface area contributed by atoms with Gasteiger partial charge in [0.15, 0.2) is 0 Å². The van der Waals surface area contributed by atoms with Gasteiger partial charge >= 0.3 is 6.61 Å². The quantitative estimate of drug-likeness (QED) is 0.830. The first-order valence-corrected chi connectivity index (χ1v) is 7.53. The van der Waals surface area contributed by atoms with Crippen LogP contribution in [0.1, 0.15) is 18.9 Å². The van der Waals surface area contributed by atoms with Gasteiger partial charge in [0.2, 0.25) is 11.8 Å². The third-order valence-electron chi connectivity index (χ3n) is 3.85. The number of hydrogen-bond acceptors (Lipinski definition) is 3. The third-order valence-corrected chi connectivity index (χ3v) is 3.85. The molecular weight excluding hydrogens is 306 g/mol.